The highest BCUT2D eigenvalue weighted by molar-refractivity contribution is 7.18. The minimum absolute atomic E-state index is 0.0619. The summed E-state index contributed by atoms with van der Waals surface area (Å²) in [5.41, 5.74) is 2.40. The van der Waals surface area contributed by atoms with Crippen LogP contribution in [0.1, 0.15) is 33.5 Å². The van der Waals surface area contributed by atoms with Gasteiger partial charge in [0.25, 0.3) is 5.91 Å². The summed E-state index contributed by atoms with van der Waals surface area (Å²) >= 11 is 1.49. The fraction of sp³-hybridized carbons (Fsp3) is 0.333. The third-order valence-corrected chi connectivity index (χ3v) is 6.07. The van der Waals surface area contributed by atoms with Gasteiger partial charge in [-0.1, -0.05) is 30.3 Å². The van der Waals surface area contributed by atoms with Crippen molar-refractivity contribution in [2.45, 2.75) is 31.3 Å². The molecule has 2 aromatic carbocycles. The van der Waals surface area contributed by atoms with Gasteiger partial charge in [0.2, 0.25) is 0 Å². The monoisotopic (exact) mass is 398 g/mol. The molecule has 3 atom stereocenters. The van der Waals surface area contributed by atoms with Crippen LogP contribution in [-0.4, -0.2) is 51.9 Å². The van der Waals surface area contributed by atoms with E-state index in [0.717, 1.165) is 20.8 Å². The first-order valence-electron chi connectivity index (χ1n) is 9.19. The van der Waals surface area contributed by atoms with Crippen molar-refractivity contribution in [2.24, 2.45) is 0 Å². The van der Waals surface area contributed by atoms with Crippen molar-refractivity contribution < 1.29 is 19.7 Å². The zero-order chi connectivity index (χ0) is 19.7. The Labute approximate surface area is 167 Å². The van der Waals surface area contributed by atoms with Crippen LogP contribution in [0, 0.1) is 0 Å². The lowest BCUT2D eigenvalue weighted by atomic mass is 10.1. The molecule has 1 aliphatic rings. The number of ether oxygens (including phenoxy) is 1. The van der Waals surface area contributed by atoms with Crippen molar-refractivity contribution in [1.82, 2.24) is 9.88 Å². The topological polar surface area (TPSA) is 82.9 Å². The summed E-state index contributed by atoms with van der Waals surface area (Å²) < 4.78 is 6.65. The summed E-state index contributed by atoms with van der Waals surface area (Å²) in [4.78, 5) is 19.1. The molecule has 146 valence electrons. The first-order valence-corrected chi connectivity index (χ1v) is 10.0. The fourth-order valence-corrected chi connectivity index (χ4v) is 4.42. The standard InChI is InChI=1S/C21H22N2O4S/c1-23(11-13-5-3-2-4-6-13)21(26)14-7-8-19-15(9-14)22-20(28-19)17-10-16(25)18(12-24)27-17/h2-9,16-18,24-25H,10-12H2,1H3/t16-,17+,18+/m0/s1. The number of hydrogen-bond acceptors (Lipinski definition) is 6. The van der Waals surface area contributed by atoms with Crippen LogP contribution < -0.4 is 0 Å². The Bertz CT molecular complexity index is 975. The average molecular weight is 398 g/mol. The SMILES string of the molecule is CN(Cc1ccccc1)C(=O)c1ccc2sc([C@H]3C[C@H](O)[C@@H](CO)O3)nc2c1. The van der Waals surface area contributed by atoms with E-state index in [4.69, 9.17) is 4.74 Å². The van der Waals surface area contributed by atoms with Gasteiger partial charge >= 0.3 is 0 Å². The largest absolute Gasteiger partial charge is 0.394 e. The maximum atomic E-state index is 12.8. The summed E-state index contributed by atoms with van der Waals surface area (Å²) in [7, 11) is 1.79. The third kappa shape index (κ3) is 3.79. The molecule has 7 heteroatoms. The Kier molecular flexibility index (Phi) is 5.41. The Morgan fingerprint density at radius 3 is 2.79 bits per heavy atom. The average Bonchev–Trinajstić information content (AvgIpc) is 3.30. The van der Waals surface area contributed by atoms with E-state index >= 15 is 0 Å². The van der Waals surface area contributed by atoms with Gasteiger partial charge in [-0.25, -0.2) is 4.98 Å². The molecule has 2 N–H and O–H groups in total. The molecule has 2 heterocycles. The lowest BCUT2D eigenvalue weighted by Gasteiger charge is -2.17. The molecule has 3 aromatic rings. The highest BCUT2D eigenvalue weighted by Gasteiger charge is 2.35. The maximum Gasteiger partial charge on any atom is 0.253 e. The van der Waals surface area contributed by atoms with Crippen LogP contribution in [0.5, 0.6) is 0 Å². The van der Waals surface area contributed by atoms with E-state index in [1.807, 2.05) is 42.5 Å². The number of fused-ring (bicyclic) bond motifs is 1. The number of carbonyl (C=O) groups is 1. The second-order valence-corrected chi connectivity index (χ2v) is 8.09. The van der Waals surface area contributed by atoms with E-state index < -0.39 is 12.2 Å². The van der Waals surface area contributed by atoms with Crippen molar-refractivity contribution >= 4 is 27.5 Å². The lowest BCUT2D eigenvalue weighted by Crippen LogP contribution is -2.26. The van der Waals surface area contributed by atoms with Crippen LogP contribution >= 0.6 is 11.3 Å². The van der Waals surface area contributed by atoms with Crippen LogP contribution in [0.4, 0.5) is 0 Å². The molecule has 1 saturated heterocycles. The van der Waals surface area contributed by atoms with E-state index in [2.05, 4.69) is 4.98 Å². The third-order valence-electron chi connectivity index (χ3n) is 4.94. The fourth-order valence-electron chi connectivity index (χ4n) is 3.42. The molecule has 0 unspecified atom stereocenters. The van der Waals surface area contributed by atoms with Crippen LogP contribution in [-0.2, 0) is 11.3 Å². The van der Waals surface area contributed by atoms with E-state index in [-0.39, 0.29) is 18.6 Å². The predicted octanol–water partition coefficient (Wildman–Crippen LogP) is 2.75. The zero-order valence-corrected chi connectivity index (χ0v) is 16.3. The van der Waals surface area contributed by atoms with Crippen LogP contribution in [0.15, 0.2) is 48.5 Å². The number of carbonyl (C=O) groups excluding carboxylic acids is 1. The summed E-state index contributed by atoms with van der Waals surface area (Å²) in [6.07, 6.45) is -1.17. The number of aliphatic hydroxyl groups excluding tert-OH is 2. The summed E-state index contributed by atoms with van der Waals surface area (Å²) in [6.45, 7) is 0.325. The number of rotatable bonds is 5. The molecule has 0 aliphatic carbocycles. The predicted molar refractivity (Wildman–Crippen MR) is 107 cm³/mol. The molecule has 1 aromatic heterocycles. The number of aromatic nitrogens is 1. The van der Waals surface area contributed by atoms with Gasteiger partial charge in [0.05, 0.1) is 22.9 Å². The van der Waals surface area contributed by atoms with E-state index in [1.54, 1.807) is 18.0 Å². The van der Waals surface area contributed by atoms with Crippen molar-refractivity contribution in [3.8, 4) is 0 Å². The van der Waals surface area contributed by atoms with Gasteiger partial charge in [0, 0.05) is 25.6 Å². The molecule has 0 spiro atoms. The van der Waals surface area contributed by atoms with Gasteiger partial charge in [0.1, 0.15) is 17.2 Å². The lowest BCUT2D eigenvalue weighted by molar-refractivity contribution is -0.0225. The van der Waals surface area contributed by atoms with E-state index in [9.17, 15) is 15.0 Å². The molecule has 1 fully saturated rings. The molecule has 0 radical (unpaired) electrons. The van der Waals surface area contributed by atoms with Crippen LogP contribution in [0.3, 0.4) is 0 Å². The van der Waals surface area contributed by atoms with Crippen LogP contribution in [0.2, 0.25) is 0 Å². The molecule has 28 heavy (non-hydrogen) atoms. The maximum absolute atomic E-state index is 12.8. The van der Waals surface area contributed by atoms with Gasteiger partial charge in [-0.2, -0.15) is 0 Å². The molecule has 6 nitrogen and oxygen atoms in total. The molecule has 4 rings (SSSR count). The summed E-state index contributed by atoms with van der Waals surface area (Å²) in [6, 6.07) is 15.4. The normalized spacial score (nSPS) is 21.9. The first kappa shape index (κ1) is 19.0. The van der Waals surface area contributed by atoms with Gasteiger partial charge in [0.15, 0.2) is 0 Å². The second kappa shape index (κ2) is 7.97. The van der Waals surface area contributed by atoms with Crippen molar-refractivity contribution in [2.75, 3.05) is 13.7 Å². The molecular weight excluding hydrogens is 376 g/mol. The van der Waals surface area contributed by atoms with E-state index in [1.165, 1.54) is 11.3 Å². The first-order chi connectivity index (χ1) is 13.5. The zero-order valence-electron chi connectivity index (χ0n) is 15.5. The number of nitrogens with zero attached hydrogens (tertiary/aromatic N) is 2. The quantitative estimate of drug-likeness (QED) is 0.691. The number of thiazole rings is 1. The minimum atomic E-state index is -0.689. The second-order valence-electron chi connectivity index (χ2n) is 7.03. The highest BCUT2D eigenvalue weighted by atomic mass is 32.1. The minimum Gasteiger partial charge on any atom is -0.394 e. The van der Waals surface area contributed by atoms with Gasteiger partial charge in [-0.05, 0) is 23.8 Å². The number of benzene rings is 2. The van der Waals surface area contributed by atoms with Gasteiger partial charge in [-0.3, -0.25) is 4.79 Å². The molecule has 0 bridgehead atoms. The Hall–Kier alpha value is -2.32. The van der Waals surface area contributed by atoms with Crippen molar-refractivity contribution in [1.29, 1.82) is 0 Å². The molecular formula is C21H22N2O4S. The Morgan fingerprint density at radius 2 is 2.07 bits per heavy atom. The molecule has 0 saturated carbocycles. The smallest absolute Gasteiger partial charge is 0.253 e. The Morgan fingerprint density at radius 1 is 1.29 bits per heavy atom. The van der Waals surface area contributed by atoms with Gasteiger partial charge < -0.3 is 19.8 Å². The number of amides is 1. The van der Waals surface area contributed by atoms with Gasteiger partial charge in [-0.15, -0.1) is 11.3 Å². The van der Waals surface area contributed by atoms with Crippen molar-refractivity contribution in [3.63, 3.8) is 0 Å². The number of aliphatic hydroxyl groups is 2. The van der Waals surface area contributed by atoms with E-state index in [0.29, 0.717) is 18.5 Å². The number of hydrogen-bond donors (Lipinski definition) is 2. The van der Waals surface area contributed by atoms with Crippen LogP contribution in [0.25, 0.3) is 10.2 Å². The van der Waals surface area contributed by atoms with Crippen molar-refractivity contribution in [3.05, 3.63) is 64.7 Å². The highest BCUT2D eigenvalue weighted by Crippen LogP contribution is 2.37. The summed E-state index contributed by atoms with van der Waals surface area (Å²) in [5, 5.41) is 19.9. The Balaban J connectivity index is 1.52. The molecule has 1 amide bonds. The molecule has 1 aliphatic heterocycles. The summed E-state index contributed by atoms with van der Waals surface area (Å²) in [5.74, 6) is -0.0619.